The second-order valence-electron chi connectivity index (χ2n) is 2.81. The molecule has 0 heterocycles. The number of halogens is 1. The number of hydrogen-bond donors (Lipinski definition) is 0. The van der Waals surface area contributed by atoms with Crippen LogP contribution in [0.4, 0.5) is 0 Å². The van der Waals surface area contributed by atoms with E-state index in [-0.39, 0.29) is 0 Å². The molecule has 0 bridgehead atoms. The van der Waals surface area contributed by atoms with Crippen LogP contribution in [0.3, 0.4) is 0 Å². The fourth-order valence-electron chi connectivity index (χ4n) is 0.954. The van der Waals surface area contributed by atoms with Gasteiger partial charge in [0.25, 0.3) is 0 Å². The molecule has 1 nitrogen and oxygen atoms in total. The van der Waals surface area contributed by atoms with Crippen LogP contribution in [-0.2, 0) is 27.7 Å². The van der Waals surface area contributed by atoms with Crippen molar-refractivity contribution in [1.29, 1.82) is 0 Å². The van der Waals surface area contributed by atoms with E-state index in [2.05, 4.69) is 26.6 Å². The Morgan fingerprint density at radius 2 is 2.00 bits per heavy atom. The molecule has 0 atom stereocenters. The summed E-state index contributed by atoms with van der Waals surface area (Å²) in [5, 5.41) is 0. The van der Waals surface area contributed by atoms with Gasteiger partial charge in [-0.25, -0.2) is 0 Å². The minimum absolute atomic E-state index is 0.731. The second-order valence-corrected chi connectivity index (χ2v) is 2.81. The molecule has 1 aromatic carbocycles. The monoisotopic (exact) mass is 306 g/mol. The molecule has 0 aliphatic carbocycles. The van der Waals surface area contributed by atoms with E-state index in [9.17, 15) is 0 Å². The van der Waals surface area contributed by atoms with Crippen molar-refractivity contribution in [2.45, 2.75) is 26.4 Å². The fraction of sp³-hybridized carbons (Fsp3) is 0.455. The molecular formula is C11H15BrOZn. The summed E-state index contributed by atoms with van der Waals surface area (Å²) in [6, 6.07) is 10.9. The minimum atomic E-state index is 0.731. The van der Waals surface area contributed by atoms with Gasteiger partial charge in [0.15, 0.2) is 0 Å². The summed E-state index contributed by atoms with van der Waals surface area (Å²) in [6.07, 6.45) is 2.35. The molecule has 0 aliphatic heterocycles. The van der Waals surface area contributed by atoms with Gasteiger partial charge in [0.2, 0.25) is 0 Å². The van der Waals surface area contributed by atoms with Crippen molar-refractivity contribution in [1.82, 2.24) is 0 Å². The molecule has 0 aliphatic rings. The van der Waals surface area contributed by atoms with Gasteiger partial charge in [0.1, 0.15) is 0 Å². The number of hydrogen-bond acceptors (Lipinski definition) is 1. The molecule has 1 aromatic rings. The van der Waals surface area contributed by atoms with Crippen LogP contribution >= 0.6 is 13.6 Å². The zero-order chi connectivity index (χ0) is 10.6. The number of ether oxygens (including phenoxy) is 1. The Bertz CT molecular complexity index is 204. The zero-order valence-electron chi connectivity index (χ0n) is 8.63. The average Bonchev–Trinajstić information content (AvgIpc) is 2.29. The van der Waals surface area contributed by atoms with Crippen LogP contribution in [0.5, 0.6) is 0 Å². The van der Waals surface area contributed by atoms with Crippen molar-refractivity contribution in [3.8, 4) is 0 Å². The second kappa shape index (κ2) is 11.4. The van der Waals surface area contributed by atoms with Gasteiger partial charge in [-0.15, -0.1) is 5.56 Å². The molecule has 0 amide bonds. The first-order valence-corrected chi connectivity index (χ1v) is 11.7. The first-order chi connectivity index (χ1) is 6.93. The van der Waals surface area contributed by atoms with E-state index in [0.29, 0.717) is 0 Å². The summed E-state index contributed by atoms with van der Waals surface area (Å²) in [7, 11) is 0. The van der Waals surface area contributed by atoms with Crippen LogP contribution in [-0.4, -0.2) is 6.61 Å². The molecule has 0 fully saturated rings. The van der Waals surface area contributed by atoms with Crippen molar-refractivity contribution in [3.63, 3.8) is 0 Å². The van der Waals surface area contributed by atoms with Crippen molar-refractivity contribution in [2.75, 3.05) is 6.61 Å². The Labute approximate surface area is 103 Å². The molecule has 14 heavy (non-hydrogen) atoms. The molecule has 0 aromatic heterocycles. The van der Waals surface area contributed by atoms with E-state index in [4.69, 9.17) is 4.74 Å². The van der Waals surface area contributed by atoms with Gasteiger partial charge in [0, 0.05) is 13.2 Å². The van der Waals surface area contributed by atoms with Crippen molar-refractivity contribution >= 4 is 13.6 Å². The maximum atomic E-state index is 5.45. The third kappa shape index (κ3) is 7.67. The molecule has 0 unspecified atom stereocenters. The van der Waals surface area contributed by atoms with E-state index in [1.807, 2.05) is 24.3 Å². The third-order valence-electron chi connectivity index (χ3n) is 1.70. The van der Waals surface area contributed by atoms with Gasteiger partial charge in [-0.2, -0.15) is 30.3 Å². The molecule has 0 saturated carbocycles. The summed E-state index contributed by atoms with van der Waals surface area (Å²) in [5.41, 5.74) is 1.23. The SMILES string of the molecule is CCCCOCc1cc[c-]cc1.[Zn+][Br]. The summed E-state index contributed by atoms with van der Waals surface area (Å²) in [6.45, 7) is 3.77. The van der Waals surface area contributed by atoms with Crippen LogP contribution in [0, 0.1) is 6.07 Å². The van der Waals surface area contributed by atoms with Gasteiger partial charge in [0.05, 0.1) is 0 Å². The first kappa shape index (κ1) is 14.3. The maximum absolute atomic E-state index is 5.45. The van der Waals surface area contributed by atoms with E-state index in [1.165, 1.54) is 28.3 Å². The summed E-state index contributed by atoms with van der Waals surface area (Å²) in [5.74, 6) is 0. The van der Waals surface area contributed by atoms with Gasteiger partial charge in [-0.05, 0) is 6.42 Å². The van der Waals surface area contributed by atoms with Crippen LogP contribution in [0.15, 0.2) is 24.3 Å². The molecular weight excluding hydrogens is 293 g/mol. The van der Waals surface area contributed by atoms with Crippen molar-refractivity contribution in [2.24, 2.45) is 0 Å². The Kier molecular flexibility index (Phi) is 11.6. The first-order valence-electron chi connectivity index (χ1n) is 4.73. The Balaban J connectivity index is 0.000000791. The summed E-state index contributed by atoms with van der Waals surface area (Å²) in [4.78, 5) is 0. The molecule has 0 N–H and O–H groups in total. The molecule has 74 valence electrons. The average molecular weight is 309 g/mol. The molecule has 3 heteroatoms. The Hall–Kier alpha value is 0.283. The van der Waals surface area contributed by atoms with Crippen LogP contribution in [0.2, 0.25) is 0 Å². The molecule has 0 saturated heterocycles. The number of unbranched alkanes of at least 4 members (excludes halogenated alkanes) is 1. The number of rotatable bonds is 5. The quantitative estimate of drug-likeness (QED) is 0.458. The van der Waals surface area contributed by atoms with E-state index >= 15 is 0 Å². The Morgan fingerprint density at radius 1 is 1.36 bits per heavy atom. The standard InChI is InChI=1S/C11H15O.BrH.Zn/c1-2-3-9-12-10-11-7-5-4-6-8-11;;/h5-8H,2-3,9-10H2,1H3;1H;/q-1;;+2/p-1. The van der Waals surface area contributed by atoms with Crippen molar-refractivity contribution in [3.05, 3.63) is 35.9 Å². The topological polar surface area (TPSA) is 9.23 Å². The van der Waals surface area contributed by atoms with Crippen LogP contribution in [0.1, 0.15) is 25.3 Å². The van der Waals surface area contributed by atoms with E-state index < -0.39 is 0 Å². The van der Waals surface area contributed by atoms with E-state index in [0.717, 1.165) is 19.6 Å². The van der Waals surface area contributed by atoms with Crippen LogP contribution < -0.4 is 0 Å². The zero-order valence-corrected chi connectivity index (χ0v) is 13.2. The van der Waals surface area contributed by atoms with Crippen LogP contribution in [0.25, 0.3) is 0 Å². The normalized spacial score (nSPS) is 9.14. The van der Waals surface area contributed by atoms with Gasteiger partial charge < -0.3 is 4.74 Å². The molecule has 0 radical (unpaired) electrons. The summed E-state index contributed by atoms with van der Waals surface area (Å²) < 4.78 is 5.45. The predicted octanol–water partition coefficient (Wildman–Crippen LogP) is 3.65. The number of benzene rings is 1. The fourth-order valence-corrected chi connectivity index (χ4v) is 0.954. The molecule has 0 spiro atoms. The molecule has 1 rings (SSSR count). The van der Waals surface area contributed by atoms with Crippen molar-refractivity contribution < 1.29 is 21.1 Å². The van der Waals surface area contributed by atoms with Gasteiger partial charge in [-0.3, -0.25) is 0 Å². The van der Waals surface area contributed by atoms with Gasteiger partial charge in [-0.1, -0.05) is 13.3 Å². The Morgan fingerprint density at radius 3 is 2.57 bits per heavy atom. The third-order valence-corrected chi connectivity index (χ3v) is 1.70. The van der Waals surface area contributed by atoms with Gasteiger partial charge >= 0.3 is 30.0 Å². The summed E-state index contributed by atoms with van der Waals surface area (Å²) >= 11 is 4.25. The predicted molar refractivity (Wildman–Crippen MR) is 58.8 cm³/mol. The van der Waals surface area contributed by atoms with E-state index in [1.54, 1.807) is 0 Å².